The molecule has 1 aromatic carbocycles. The maximum Gasteiger partial charge on any atom is 0.160 e. The van der Waals surface area contributed by atoms with Crippen LogP contribution < -0.4 is 5.32 Å². The molecule has 0 saturated heterocycles. The minimum atomic E-state index is -1.02. The van der Waals surface area contributed by atoms with Gasteiger partial charge in [0.2, 0.25) is 0 Å². The number of carbonyl (C=O) groups excluding carboxylic acids is 1. The van der Waals surface area contributed by atoms with Crippen LogP contribution in [0.25, 0.3) is 0 Å². The van der Waals surface area contributed by atoms with E-state index in [0.717, 1.165) is 12.1 Å². The Balaban J connectivity index is 3.11. The van der Waals surface area contributed by atoms with Crippen molar-refractivity contribution in [3.63, 3.8) is 0 Å². The molecule has 0 aromatic heterocycles. The van der Waals surface area contributed by atoms with Gasteiger partial charge < -0.3 is 10.1 Å². The first kappa shape index (κ1) is 12.1. The fourth-order valence-electron chi connectivity index (χ4n) is 1.27. The van der Waals surface area contributed by atoms with Crippen molar-refractivity contribution in [1.82, 2.24) is 5.32 Å². The first-order valence-corrected chi connectivity index (χ1v) is 4.72. The quantitative estimate of drug-likeness (QED) is 0.638. The molecule has 0 fully saturated rings. The third kappa shape index (κ3) is 2.73. The number of carbonyl (C=O) groups is 1. The fraction of sp³-hybridized carbons (Fsp3) is 0.300. The Morgan fingerprint density at radius 3 is 2.60 bits per heavy atom. The average Bonchev–Trinajstić information content (AvgIpc) is 2.20. The largest absolute Gasteiger partial charge is 0.319 e. The van der Waals surface area contributed by atoms with Crippen LogP contribution in [0.4, 0.5) is 8.78 Å². The predicted molar refractivity (Wildman–Crippen MR) is 54.1 cm³/mol. The van der Waals surface area contributed by atoms with Gasteiger partial charge in [-0.2, -0.15) is 0 Å². The molecule has 0 amide bonds. The van der Waals surface area contributed by atoms with Crippen molar-refractivity contribution in [2.75, 3.05) is 13.6 Å². The van der Waals surface area contributed by atoms with Crippen molar-refractivity contribution in [3.8, 4) is 0 Å². The highest BCUT2D eigenvalue weighted by Gasteiger charge is 2.16. The summed E-state index contributed by atoms with van der Waals surface area (Å²) < 4.78 is 25.7. The molecule has 1 N–H and O–H groups in total. The van der Waals surface area contributed by atoms with Gasteiger partial charge in [-0.1, -0.05) is 11.6 Å². The molecule has 15 heavy (non-hydrogen) atoms. The third-order valence-corrected chi connectivity index (χ3v) is 2.35. The van der Waals surface area contributed by atoms with Crippen molar-refractivity contribution in [2.24, 2.45) is 0 Å². The van der Waals surface area contributed by atoms with E-state index in [-0.39, 0.29) is 5.02 Å². The van der Waals surface area contributed by atoms with Crippen molar-refractivity contribution >= 4 is 17.9 Å². The topological polar surface area (TPSA) is 29.1 Å². The minimum Gasteiger partial charge on any atom is -0.319 e. The summed E-state index contributed by atoms with van der Waals surface area (Å²) in [6.07, 6.45) is 0.648. The molecule has 2 nitrogen and oxygen atoms in total. The predicted octanol–water partition coefficient (Wildman–Crippen LogP) is 2.12. The van der Waals surface area contributed by atoms with E-state index in [1.54, 1.807) is 7.05 Å². The van der Waals surface area contributed by atoms with Gasteiger partial charge in [0.25, 0.3) is 0 Å². The summed E-state index contributed by atoms with van der Waals surface area (Å²) in [5, 5.41) is 2.83. The standard InChI is InChI=1S/C10H10ClF2NO/c1-14-4-6(5-15)7-2-9(12)10(13)3-8(7)11/h2-3,5-6,14H,4H2,1H3. The van der Waals surface area contributed by atoms with Crippen LogP contribution in [0.15, 0.2) is 12.1 Å². The van der Waals surface area contributed by atoms with Crippen LogP contribution in [0.2, 0.25) is 5.02 Å². The second-order valence-electron chi connectivity index (χ2n) is 3.09. The lowest BCUT2D eigenvalue weighted by molar-refractivity contribution is -0.109. The lowest BCUT2D eigenvalue weighted by Crippen LogP contribution is -2.18. The monoisotopic (exact) mass is 233 g/mol. The Labute approximate surface area is 91.2 Å². The van der Waals surface area contributed by atoms with Crippen molar-refractivity contribution in [3.05, 3.63) is 34.4 Å². The number of hydrogen-bond donors (Lipinski definition) is 1. The highest BCUT2D eigenvalue weighted by atomic mass is 35.5. The molecule has 0 bridgehead atoms. The van der Waals surface area contributed by atoms with E-state index in [9.17, 15) is 13.6 Å². The number of rotatable bonds is 4. The maximum absolute atomic E-state index is 12.9. The molecular formula is C10H10ClF2NO. The minimum absolute atomic E-state index is 0.0567. The molecule has 1 rings (SSSR count). The molecule has 0 heterocycles. The fourth-order valence-corrected chi connectivity index (χ4v) is 1.56. The molecule has 0 radical (unpaired) electrons. The summed E-state index contributed by atoms with van der Waals surface area (Å²) in [4.78, 5) is 10.7. The molecule has 5 heteroatoms. The summed E-state index contributed by atoms with van der Waals surface area (Å²) in [5.74, 6) is -2.59. The molecule has 1 unspecified atom stereocenters. The molecule has 0 saturated carbocycles. The van der Waals surface area contributed by atoms with E-state index in [0.29, 0.717) is 18.4 Å². The average molecular weight is 234 g/mol. The summed E-state index contributed by atoms with van der Waals surface area (Å²) in [5.41, 5.74) is 0.292. The Hall–Kier alpha value is -1.00. The lowest BCUT2D eigenvalue weighted by Gasteiger charge is -2.12. The van der Waals surface area contributed by atoms with Crippen LogP contribution in [0.5, 0.6) is 0 Å². The van der Waals surface area contributed by atoms with E-state index in [1.807, 2.05) is 0 Å². The Bertz CT molecular complexity index is 371. The summed E-state index contributed by atoms with van der Waals surface area (Å²) >= 11 is 5.72. The molecule has 0 aliphatic heterocycles. The van der Waals surface area contributed by atoms with E-state index < -0.39 is 17.6 Å². The van der Waals surface area contributed by atoms with Crippen LogP contribution in [0.1, 0.15) is 11.5 Å². The van der Waals surface area contributed by atoms with Gasteiger partial charge in [0, 0.05) is 11.6 Å². The highest BCUT2D eigenvalue weighted by Crippen LogP contribution is 2.25. The zero-order valence-electron chi connectivity index (χ0n) is 8.06. The van der Waals surface area contributed by atoms with Gasteiger partial charge in [-0.15, -0.1) is 0 Å². The molecular weight excluding hydrogens is 224 g/mol. The van der Waals surface area contributed by atoms with Gasteiger partial charge in [-0.25, -0.2) is 8.78 Å². The van der Waals surface area contributed by atoms with Gasteiger partial charge in [-0.05, 0) is 24.7 Å². The van der Waals surface area contributed by atoms with Gasteiger partial charge >= 0.3 is 0 Å². The van der Waals surface area contributed by atoms with Crippen LogP contribution in [0, 0.1) is 11.6 Å². The number of benzene rings is 1. The van der Waals surface area contributed by atoms with Gasteiger partial charge in [0.1, 0.15) is 6.29 Å². The Morgan fingerprint density at radius 1 is 1.47 bits per heavy atom. The van der Waals surface area contributed by atoms with Crippen LogP contribution in [0.3, 0.4) is 0 Å². The van der Waals surface area contributed by atoms with E-state index in [2.05, 4.69) is 5.32 Å². The zero-order chi connectivity index (χ0) is 11.4. The maximum atomic E-state index is 12.9. The smallest absolute Gasteiger partial charge is 0.160 e. The SMILES string of the molecule is CNCC(C=O)c1cc(F)c(F)cc1Cl. The number of nitrogens with one attached hydrogen (secondary N) is 1. The number of hydrogen-bond acceptors (Lipinski definition) is 2. The van der Waals surface area contributed by atoms with Crippen LogP contribution in [-0.2, 0) is 4.79 Å². The summed E-state index contributed by atoms with van der Waals surface area (Å²) in [6, 6.07) is 1.83. The van der Waals surface area contributed by atoms with Crippen molar-refractivity contribution in [2.45, 2.75) is 5.92 Å². The first-order valence-electron chi connectivity index (χ1n) is 4.34. The lowest BCUT2D eigenvalue weighted by atomic mass is 10.0. The van der Waals surface area contributed by atoms with Gasteiger partial charge in [-0.3, -0.25) is 0 Å². The van der Waals surface area contributed by atoms with E-state index in [1.165, 1.54) is 0 Å². The molecule has 1 atom stereocenters. The number of halogens is 3. The highest BCUT2D eigenvalue weighted by molar-refractivity contribution is 6.31. The van der Waals surface area contributed by atoms with Gasteiger partial charge in [0.15, 0.2) is 11.6 Å². The molecule has 1 aromatic rings. The summed E-state index contributed by atoms with van der Waals surface area (Å²) in [6.45, 7) is 0.328. The second-order valence-corrected chi connectivity index (χ2v) is 3.50. The Morgan fingerprint density at radius 2 is 2.07 bits per heavy atom. The number of aldehydes is 1. The first-order chi connectivity index (χ1) is 7.10. The van der Waals surface area contributed by atoms with Crippen LogP contribution in [-0.4, -0.2) is 19.9 Å². The van der Waals surface area contributed by atoms with E-state index in [4.69, 9.17) is 11.6 Å². The van der Waals surface area contributed by atoms with Crippen LogP contribution >= 0.6 is 11.6 Å². The number of likely N-dealkylation sites (N-methyl/N-ethyl adjacent to an activating group) is 1. The summed E-state index contributed by atoms with van der Waals surface area (Å²) in [7, 11) is 1.66. The molecule has 0 aliphatic rings. The molecule has 82 valence electrons. The van der Waals surface area contributed by atoms with Crippen molar-refractivity contribution in [1.29, 1.82) is 0 Å². The van der Waals surface area contributed by atoms with Gasteiger partial charge in [0.05, 0.1) is 5.92 Å². The normalized spacial score (nSPS) is 12.5. The Kier molecular flexibility index (Phi) is 4.17. The molecule has 0 spiro atoms. The third-order valence-electron chi connectivity index (χ3n) is 2.03. The van der Waals surface area contributed by atoms with Crippen molar-refractivity contribution < 1.29 is 13.6 Å². The molecule has 0 aliphatic carbocycles. The van der Waals surface area contributed by atoms with E-state index >= 15 is 0 Å². The zero-order valence-corrected chi connectivity index (χ0v) is 8.81. The second kappa shape index (κ2) is 5.19.